The van der Waals surface area contributed by atoms with E-state index < -0.39 is 21.8 Å². The SMILES string of the molecule is CCNc1cc(S(=O)(=O)N2CC(=O)NC(=O)C2)ccn1. The van der Waals surface area contributed by atoms with Crippen LogP contribution in [-0.2, 0) is 19.6 Å². The number of pyridine rings is 1. The van der Waals surface area contributed by atoms with E-state index >= 15 is 0 Å². The zero-order valence-corrected chi connectivity index (χ0v) is 11.6. The van der Waals surface area contributed by atoms with Gasteiger partial charge in [0.1, 0.15) is 5.82 Å². The van der Waals surface area contributed by atoms with Crippen LogP contribution >= 0.6 is 0 Å². The number of sulfonamides is 1. The van der Waals surface area contributed by atoms with Crippen LogP contribution in [0.4, 0.5) is 5.82 Å². The highest BCUT2D eigenvalue weighted by Crippen LogP contribution is 2.18. The predicted octanol–water partition coefficient (Wildman–Crippen LogP) is -0.839. The summed E-state index contributed by atoms with van der Waals surface area (Å²) in [5, 5.41) is 4.96. The Morgan fingerprint density at radius 2 is 2.00 bits per heavy atom. The summed E-state index contributed by atoms with van der Waals surface area (Å²) in [6, 6.07) is 2.70. The molecule has 0 atom stereocenters. The van der Waals surface area contributed by atoms with Gasteiger partial charge in [0.15, 0.2) is 0 Å². The van der Waals surface area contributed by atoms with E-state index in [0.717, 1.165) is 4.31 Å². The van der Waals surface area contributed by atoms with Gasteiger partial charge < -0.3 is 5.32 Å². The number of rotatable bonds is 4. The van der Waals surface area contributed by atoms with Crippen LogP contribution < -0.4 is 10.6 Å². The van der Waals surface area contributed by atoms with Gasteiger partial charge in [-0.15, -0.1) is 0 Å². The lowest BCUT2D eigenvalue weighted by Crippen LogP contribution is -2.53. The van der Waals surface area contributed by atoms with E-state index in [1.807, 2.05) is 6.92 Å². The van der Waals surface area contributed by atoms with Crippen LogP contribution in [0.3, 0.4) is 0 Å². The van der Waals surface area contributed by atoms with Crippen LogP contribution in [-0.4, -0.2) is 49.2 Å². The maximum Gasteiger partial charge on any atom is 0.244 e. The molecule has 2 amide bonds. The molecule has 2 N–H and O–H groups in total. The van der Waals surface area contributed by atoms with Gasteiger partial charge in [-0.2, -0.15) is 4.31 Å². The molecule has 0 saturated carbocycles. The number of carbonyl (C=O) groups excluding carboxylic acids is 2. The molecule has 9 heteroatoms. The second-order valence-corrected chi connectivity index (χ2v) is 6.09. The number of nitrogens with zero attached hydrogens (tertiary/aromatic N) is 2. The first-order chi connectivity index (χ1) is 9.43. The third-order valence-electron chi connectivity index (χ3n) is 2.65. The minimum Gasteiger partial charge on any atom is -0.370 e. The van der Waals surface area contributed by atoms with Crippen molar-refractivity contribution in [2.45, 2.75) is 11.8 Å². The molecule has 0 unspecified atom stereocenters. The van der Waals surface area contributed by atoms with Crippen LogP contribution in [0.5, 0.6) is 0 Å². The topological polar surface area (TPSA) is 108 Å². The Morgan fingerprint density at radius 3 is 2.60 bits per heavy atom. The molecule has 1 aliphatic rings. The number of imide groups is 1. The predicted molar refractivity (Wildman–Crippen MR) is 70.3 cm³/mol. The van der Waals surface area contributed by atoms with E-state index in [9.17, 15) is 18.0 Å². The third kappa shape index (κ3) is 2.94. The zero-order valence-electron chi connectivity index (χ0n) is 10.8. The number of carbonyl (C=O) groups is 2. The van der Waals surface area contributed by atoms with Gasteiger partial charge in [0.25, 0.3) is 0 Å². The van der Waals surface area contributed by atoms with Gasteiger partial charge in [-0.3, -0.25) is 14.9 Å². The van der Waals surface area contributed by atoms with Crippen molar-refractivity contribution >= 4 is 27.7 Å². The van der Waals surface area contributed by atoms with E-state index in [2.05, 4.69) is 15.6 Å². The molecule has 1 saturated heterocycles. The van der Waals surface area contributed by atoms with Crippen molar-refractivity contribution in [1.82, 2.24) is 14.6 Å². The van der Waals surface area contributed by atoms with Crippen LogP contribution in [0, 0.1) is 0 Å². The normalized spacial score (nSPS) is 16.9. The van der Waals surface area contributed by atoms with Crippen LogP contribution in [0.2, 0.25) is 0 Å². The second kappa shape index (κ2) is 5.55. The summed E-state index contributed by atoms with van der Waals surface area (Å²) in [4.78, 5) is 26.5. The minimum absolute atomic E-state index is 0.00838. The average Bonchev–Trinajstić information content (AvgIpc) is 2.38. The molecule has 2 rings (SSSR count). The molecule has 108 valence electrons. The number of hydrogen-bond donors (Lipinski definition) is 2. The lowest BCUT2D eigenvalue weighted by atomic mass is 10.4. The molecule has 20 heavy (non-hydrogen) atoms. The summed E-state index contributed by atoms with van der Waals surface area (Å²) in [5.74, 6) is -0.849. The smallest absolute Gasteiger partial charge is 0.244 e. The number of nitrogens with one attached hydrogen (secondary N) is 2. The number of anilines is 1. The van der Waals surface area contributed by atoms with Crippen molar-refractivity contribution in [2.75, 3.05) is 25.0 Å². The molecule has 0 radical (unpaired) electrons. The molecule has 1 aromatic heterocycles. The van der Waals surface area contributed by atoms with E-state index in [1.54, 1.807) is 0 Å². The van der Waals surface area contributed by atoms with Crippen LogP contribution in [0.1, 0.15) is 6.92 Å². The maximum atomic E-state index is 12.4. The van der Waals surface area contributed by atoms with E-state index in [0.29, 0.717) is 12.4 Å². The summed E-state index contributed by atoms with van der Waals surface area (Å²) in [7, 11) is -3.90. The molecule has 0 bridgehead atoms. The lowest BCUT2D eigenvalue weighted by molar-refractivity contribution is -0.134. The quantitative estimate of drug-likeness (QED) is 0.702. The first-order valence-corrected chi connectivity index (χ1v) is 7.40. The van der Waals surface area contributed by atoms with E-state index in [1.165, 1.54) is 18.3 Å². The Morgan fingerprint density at radius 1 is 1.35 bits per heavy atom. The summed E-state index contributed by atoms with van der Waals surface area (Å²) in [6.07, 6.45) is 1.36. The Bertz CT molecular complexity index is 628. The molecule has 0 spiro atoms. The summed E-state index contributed by atoms with van der Waals surface area (Å²) < 4.78 is 25.6. The van der Waals surface area contributed by atoms with Gasteiger partial charge in [-0.25, -0.2) is 13.4 Å². The lowest BCUT2D eigenvalue weighted by Gasteiger charge is -2.24. The third-order valence-corrected chi connectivity index (χ3v) is 4.43. The van der Waals surface area contributed by atoms with Gasteiger partial charge in [-0.1, -0.05) is 0 Å². The second-order valence-electron chi connectivity index (χ2n) is 4.15. The number of piperazine rings is 1. The Kier molecular flexibility index (Phi) is 4.00. The van der Waals surface area contributed by atoms with Gasteiger partial charge in [0.05, 0.1) is 18.0 Å². The molecule has 8 nitrogen and oxygen atoms in total. The fourth-order valence-electron chi connectivity index (χ4n) is 1.78. The molecule has 1 aromatic rings. The van der Waals surface area contributed by atoms with Crippen molar-refractivity contribution in [3.05, 3.63) is 18.3 Å². The first kappa shape index (κ1) is 14.4. The number of aromatic nitrogens is 1. The summed E-state index contributed by atoms with van der Waals surface area (Å²) >= 11 is 0. The summed E-state index contributed by atoms with van der Waals surface area (Å²) in [5.41, 5.74) is 0. The van der Waals surface area contributed by atoms with Crippen LogP contribution in [0.25, 0.3) is 0 Å². The molecular weight excluding hydrogens is 284 g/mol. The first-order valence-electron chi connectivity index (χ1n) is 5.96. The maximum absolute atomic E-state index is 12.4. The van der Waals surface area contributed by atoms with Gasteiger partial charge >= 0.3 is 0 Å². The van der Waals surface area contributed by atoms with Crippen molar-refractivity contribution in [3.8, 4) is 0 Å². The van der Waals surface area contributed by atoms with Crippen LogP contribution in [0.15, 0.2) is 23.2 Å². The monoisotopic (exact) mass is 298 g/mol. The molecule has 1 fully saturated rings. The van der Waals surface area contributed by atoms with Crippen molar-refractivity contribution in [2.24, 2.45) is 0 Å². The Hall–Kier alpha value is -2.00. The minimum atomic E-state index is -3.90. The van der Waals surface area contributed by atoms with Gasteiger partial charge in [-0.05, 0) is 13.0 Å². The molecule has 0 aromatic carbocycles. The zero-order chi connectivity index (χ0) is 14.8. The Labute approximate surface area is 116 Å². The molecular formula is C11H14N4O4S. The average molecular weight is 298 g/mol. The van der Waals surface area contributed by atoms with Crippen molar-refractivity contribution < 1.29 is 18.0 Å². The van der Waals surface area contributed by atoms with E-state index in [-0.39, 0.29) is 18.0 Å². The highest BCUT2D eigenvalue weighted by molar-refractivity contribution is 7.89. The van der Waals surface area contributed by atoms with Crippen molar-refractivity contribution in [3.63, 3.8) is 0 Å². The Balaban J connectivity index is 2.32. The largest absolute Gasteiger partial charge is 0.370 e. The molecule has 0 aliphatic carbocycles. The summed E-state index contributed by atoms with van der Waals surface area (Å²) in [6.45, 7) is 1.72. The van der Waals surface area contributed by atoms with Gasteiger partial charge in [0.2, 0.25) is 21.8 Å². The van der Waals surface area contributed by atoms with Crippen molar-refractivity contribution in [1.29, 1.82) is 0 Å². The molecule has 2 heterocycles. The fourth-order valence-corrected chi connectivity index (χ4v) is 3.15. The number of amides is 2. The standard InChI is InChI=1S/C11H14N4O4S/c1-2-12-9-5-8(3-4-13-9)20(18,19)15-6-10(16)14-11(17)7-15/h3-5H,2,6-7H2,1H3,(H,12,13)(H,14,16,17). The molecule has 1 aliphatic heterocycles. The number of hydrogen-bond acceptors (Lipinski definition) is 6. The van der Waals surface area contributed by atoms with E-state index in [4.69, 9.17) is 0 Å². The highest BCUT2D eigenvalue weighted by atomic mass is 32.2. The highest BCUT2D eigenvalue weighted by Gasteiger charge is 2.33. The van der Waals surface area contributed by atoms with Gasteiger partial charge in [0, 0.05) is 18.8 Å². The fraction of sp³-hybridized carbons (Fsp3) is 0.364.